The number of hydrogen-bond donors (Lipinski definition) is 0. The molecule has 0 spiro atoms. The van der Waals surface area contributed by atoms with Crippen LogP contribution in [0.5, 0.6) is 5.75 Å². The van der Waals surface area contributed by atoms with Gasteiger partial charge in [-0.05, 0) is 44.9 Å². The molecule has 2 atom stereocenters. The Kier molecular flexibility index (Phi) is 6.51. The molecule has 0 N–H and O–H groups in total. The Morgan fingerprint density at radius 2 is 1.68 bits per heavy atom. The molecule has 1 amide bonds. The minimum absolute atomic E-state index is 0.179. The van der Waals surface area contributed by atoms with Crippen LogP contribution in [0.25, 0.3) is 0 Å². The molecule has 5 nitrogen and oxygen atoms in total. The van der Waals surface area contributed by atoms with E-state index in [1.165, 1.54) is 5.56 Å². The van der Waals surface area contributed by atoms with Gasteiger partial charge < -0.3 is 14.4 Å². The van der Waals surface area contributed by atoms with Gasteiger partial charge in [-0.15, -0.1) is 0 Å². The Morgan fingerprint density at radius 3 is 2.32 bits per heavy atom. The van der Waals surface area contributed by atoms with E-state index in [0.717, 1.165) is 38.3 Å². The second-order valence-electron chi connectivity index (χ2n) is 9.74. The quantitative estimate of drug-likeness (QED) is 0.613. The third kappa shape index (κ3) is 6.01. The number of carbonyl (C=O) groups excluding carboxylic acids is 1. The summed E-state index contributed by atoms with van der Waals surface area (Å²) in [5.74, 6) is 1.82. The summed E-state index contributed by atoms with van der Waals surface area (Å²) in [6, 6.07) is 20.7. The summed E-state index contributed by atoms with van der Waals surface area (Å²) in [7, 11) is 0. The van der Waals surface area contributed by atoms with Crippen LogP contribution in [0.3, 0.4) is 0 Å². The molecule has 2 aromatic rings. The SMILES string of the molecule is CC(C)(C)OC(=O)N(CC1CN(CCOc2ccccc2)C1)[C@@H]1C[C@H]1c1ccccc1. The van der Waals surface area contributed by atoms with Gasteiger partial charge in [0.15, 0.2) is 0 Å². The van der Waals surface area contributed by atoms with Gasteiger partial charge in [0.2, 0.25) is 0 Å². The van der Waals surface area contributed by atoms with E-state index in [1.807, 2.05) is 62.1 Å². The van der Waals surface area contributed by atoms with Gasteiger partial charge in [-0.3, -0.25) is 4.90 Å². The van der Waals surface area contributed by atoms with Crippen LogP contribution >= 0.6 is 0 Å². The lowest BCUT2D eigenvalue weighted by Gasteiger charge is -2.42. The molecule has 1 aliphatic heterocycles. The van der Waals surface area contributed by atoms with E-state index in [-0.39, 0.29) is 12.1 Å². The Balaban J connectivity index is 1.27. The van der Waals surface area contributed by atoms with Crippen molar-refractivity contribution in [3.05, 3.63) is 66.2 Å². The molecule has 5 heteroatoms. The van der Waals surface area contributed by atoms with E-state index in [0.29, 0.717) is 18.4 Å². The van der Waals surface area contributed by atoms with Crippen LogP contribution in [0.2, 0.25) is 0 Å². The standard InChI is InChI=1S/C26H34N2O3/c1-26(2,3)31-25(29)28(24-16-23(24)21-10-6-4-7-11-21)19-20-17-27(18-20)14-15-30-22-12-8-5-9-13-22/h4-13,20,23-24H,14-19H2,1-3H3/t23-,24+/m0/s1. The van der Waals surface area contributed by atoms with E-state index in [2.05, 4.69) is 29.2 Å². The number of para-hydroxylation sites is 1. The van der Waals surface area contributed by atoms with Gasteiger partial charge in [-0.2, -0.15) is 0 Å². The first-order chi connectivity index (χ1) is 14.9. The second-order valence-corrected chi connectivity index (χ2v) is 9.74. The van der Waals surface area contributed by atoms with Crippen LogP contribution in [0.1, 0.15) is 38.7 Å². The van der Waals surface area contributed by atoms with Gasteiger partial charge in [0, 0.05) is 44.1 Å². The zero-order chi connectivity index (χ0) is 21.8. The molecule has 0 unspecified atom stereocenters. The summed E-state index contributed by atoms with van der Waals surface area (Å²) in [6.07, 6.45) is 0.840. The minimum Gasteiger partial charge on any atom is -0.492 e. The second kappa shape index (κ2) is 9.31. The van der Waals surface area contributed by atoms with Gasteiger partial charge in [0.25, 0.3) is 0 Å². The summed E-state index contributed by atoms with van der Waals surface area (Å²) in [6.45, 7) is 10.2. The Bertz CT molecular complexity index is 844. The third-order valence-corrected chi connectivity index (χ3v) is 5.92. The number of carbonyl (C=O) groups is 1. The highest BCUT2D eigenvalue weighted by Crippen LogP contribution is 2.45. The van der Waals surface area contributed by atoms with Crippen molar-refractivity contribution >= 4 is 6.09 Å². The molecular weight excluding hydrogens is 388 g/mol. The van der Waals surface area contributed by atoms with Crippen LogP contribution in [0, 0.1) is 5.92 Å². The summed E-state index contributed by atoms with van der Waals surface area (Å²) in [4.78, 5) is 17.4. The van der Waals surface area contributed by atoms with Crippen LogP contribution < -0.4 is 4.74 Å². The predicted octanol–water partition coefficient (Wildman–Crippen LogP) is 4.79. The van der Waals surface area contributed by atoms with Crippen molar-refractivity contribution in [1.29, 1.82) is 0 Å². The van der Waals surface area contributed by atoms with E-state index < -0.39 is 5.60 Å². The Hall–Kier alpha value is -2.53. The average Bonchev–Trinajstić information content (AvgIpc) is 3.49. The number of nitrogens with zero attached hydrogens (tertiary/aromatic N) is 2. The molecule has 1 saturated carbocycles. The highest BCUT2D eigenvalue weighted by Gasteiger charge is 2.47. The summed E-state index contributed by atoms with van der Waals surface area (Å²) < 4.78 is 11.6. The highest BCUT2D eigenvalue weighted by atomic mass is 16.6. The fourth-order valence-corrected chi connectivity index (χ4v) is 4.31. The molecule has 1 heterocycles. The first-order valence-corrected chi connectivity index (χ1v) is 11.3. The molecule has 0 radical (unpaired) electrons. The Morgan fingerprint density at radius 1 is 1.03 bits per heavy atom. The molecule has 0 bridgehead atoms. The van der Waals surface area contributed by atoms with Crippen molar-refractivity contribution in [2.75, 3.05) is 32.8 Å². The molecular formula is C26H34N2O3. The average molecular weight is 423 g/mol. The number of ether oxygens (including phenoxy) is 2. The fourth-order valence-electron chi connectivity index (χ4n) is 4.31. The maximum absolute atomic E-state index is 13.0. The first kappa shape index (κ1) is 21.7. The molecule has 2 aromatic carbocycles. The molecule has 31 heavy (non-hydrogen) atoms. The maximum atomic E-state index is 13.0. The van der Waals surface area contributed by atoms with Crippen molar-refractivity contribution in [2.45, 2.75) is 44.8 Å². The summed E-state index contributed by atoms with van der Waals surface area (Å²) >= 11 is 0. The van der Waals surface area contributed by atoms with Crippen molar-refractivity contribution < 1.29 is 14.3 Å². The number of rotatable bonds is 8. The van der Waals surface area contributed by atoms with E-state index >= 15 is 0 Å². The monoisotopic (exact) mass is 422 g/mol. The normalized spacial score (nSPS) is 21.3. The molecule has 166 valence electrons. The molecule has 0 aromatic heterocycles. The Labute approximate surface area is 185 Å². The van der Waals surface area contributed by atoms with Crippen molar-refractivity contribution in [1.82, 2.24) is 9.80 Å². The maximum Gasteiger partial charge on any atom is 0.410 e. The van der Waals surface area contributed by atoms with Crippen molar-refractivity contribution in [3.8, 4) is 5.75 Å². The zero-order valence-electron chi connectivity index (χ0n) is 18.9. The molecule has 1 aliphatic carbocycles. The van der Waals surface area contributed by atoms with Crippen molar-refractivity contribution in [3.63, 3.8) is 0 Å². The molecule has 1 saturated heterocycles. The lowest BCUT2D eigenvalue weighted by molar-refractivity contribution is 0.00602. The first-order valence-electron chi connectivity index (χ1n) is 11.3. The van der Waals surface area contributed by atoms with E-state index in [9.17, 15) is 4.79 Å². The molecule has 2 fully saturated rings. The van der Waals surface area contributed by atoms with Gasteiger partial charge in [0.05, 0.1) is 0 Å². The predicted molar refractivity (Wildman–Crippen MR) is 122 cm³/mol. The number of benzene rings is 2. The van der Waals surface area contributed by atoms with Crippen LogP contribution in [0.4, 0.5) is 4.79 Å². The number of likely N-dealkylation sites (tertiary alicyclic amines) is 1. The number of amides is 1. The molecule has 4 rings (SSSR count). The minimum atomic E-state index is -0.479. The van der Waals surface area contributed by atoms with Gasteiger partial charge in [0.1, 0.15) is 18.0 Å². The highest BCUT2D eigenvalue weighted by molar-refractivity contribution is 5.69. The smallest absolute Gasteiger partial charge is 0.410 e. The van der Waals surface area contributed by atoms with Crippen LogP contribution in [-0.4, -0.2) is 60.3 Å². The lowest BCUT2D eigenvalue weighted by atomic mass is 9.99. The third-order valence-electron chi connectivity index (χ3n) is 5.92. The van der Waals surface area contributed by atoms with Crippen molar-refractivity contribution in [2.24, 2.45) is 5.92 Å². The summed E-state index contributed by atoms with van der Waals surface area (Å²) in [5, 5.41) is 0. The largest absolute Gasteiger partial charge is 0.492 e. The van der Waals surface area contributed by atoms with Crippen LogP contribution in [0.15, 0.2) is 60.7 Å². The number of hydrogen-bond acceptors (Lipinski definition) is 4. The topological polar surface area (TPSA) is 42.0 Å². The summed E-state index contributed by atoms with van der Waals surface area (Å²) in [5.41, 5.74) is 0.835. The fraction of sp³-hybridized carbons (Fsp3) is 0.500. The molecule has 2 aliphatic rings. The van der Waals surface area contributed by atoms with Gasteiger partial charge in [-0.1, -0.05) is 48.5 Å². The van der Waals surface area contributed by atoms with E-state index in [1.54, 1.807) is 0 Å². The van der Waals surface area contributed by atoms with Gasteiger partial charge >= 0.3 is 6.09 Å². The van der Waals surface area contributed by atoms with Crippen LogP contribution in [-0.2, 0) is 4.74 Å². The lowest BCUT2D eigenvalue weighted by Crippen LogP contribution is -2.54. The van der Waals surface area contributed by atoms with E-state index in [4.69, 9.17) is 9.47 Å². The zero-order valence-corrected chi connectivity index (χ0v) is 18.9. The van der Waals surface area contributed by atoms with Gasteiger partial charge in [-0.25, -0.2) is 4.79 Å².